The predicted molar refractivity (Wildman–Crippen MR) is 113 cm³/mol. The molecule has 0 saturated heterocycles. The van der Waals surface area contributed by atoms with Crippen LogP contribution in [0.4, 0.5) is 0 Å². The lowest BCUT2D eigenvalue weighted by molar-refractivity contribution is -0.123. The van der Waals surface area contributed by atoms with Crippen molar-refractivity contribution in [3.8, 4) is 11.5 Å². The van der Waals surface area contributed by atoms with E-state index in [2.05, 4.69) is 55.3 Å². The molecule has 0 aliphatic carbocycles. The van der Waals surface area contributed by atoms with E-state index in [9.17, 15) is 4.79 Å². The summed E-state index contributed by atoms with van der Waals surface area (Å²) in [6, 6.07) is 16.0. The van der Waals surface area contributed by atoms with Crippen molar-refractivity contribution in [3.63, 3.8) is 0 Å². The zero-order valence-electron chi connectivity index (χ0n) is 17.8. The Bertz CT molecular complexity index is 764. The van der Waals surface area contributed by atoms with Crippen molar-refractivity contribution in [2.75, 3.05) is 34.4 Å². The second kappa shape index (κ2) is 9.60. The summed E-state index contributed by atoms with van der Waals surface area (Å²) in [5.41, 5.74) is 2.59. The topological polar surface area (TPSA) is 50.8 Å². The number of nitrogens with one attached hydrogen (secondary N) is 1. The van der Waals surface area contributed by atoms with E-state index in [1.54, 1.807) is 19.2 Å². The van der Waals surface area contributed by atoms with Crippen LogP contribution in [0.2, 0.25) is 0 Å². The average molecular weight is 385 g/mol. The highest BCUT2D eigenvalue weighted by Crippen LogP contribution is 2.26. The molecule has 2 aromatic rings. The van der Waals surface area contributed by atoms with Crippen LogP contribution in [0.15, 0.2) is 48.5 Å². The van der Waals surface area contributed by atoms with Crippen LogP contribution in [-0.4, -0.2) is 45.2 Å². The van der Waals surface area contributed by atoms with Crippen molar-refractivity contribution in [2.45, 2.75) is 32.2 Å². The standard InChI is InChI=1S/C23H32N2O3/c1-23(2,3)18-13-11-17(12-14-18)19(25(4)5)15-24-22(26)16-28-21-10-8-7-9-20(21)27-6/h7-14,19H,15-16H2,1-6H3,(H,24,26). The summed E-state index contributed by atoms with van der Waals surface area (Å²) in [5.74, 6) is 1.01. The molecule has 1 unspecified atom stereocenters. The summed E-state index contributed by atoms with van der Waals surface area (Å²) in [4.78, 5) is 14.4. The van der Waals surface area contributed by atoms with E-state index in [1.165, 1.54) is 11.1 Å². The second-order valence-electron chi connectivity index (χ2n) is 8.10. The van der Waals surface area contributed by atoms with Gasteiger partial charge < -0.3 is 19.7 Å². The number of hydrogen-bond donors (Lipinski definition) is 1. The van der Waals surface area contributed by atoms with E-state index < -0.39 is 0 Å². The molecule has 0 saturated carbocycles. The van der Waals surface area contributed by atoms with Gasteiger partial charge in [-0.2, -0.15) is 0 Å². The summed E-state index contributed by atoms with van der Waals surface area (Å²) >= 11 is 0. The van der Waals surface area contributed by atoms with Crippen molar-refractivity contribution < 1.29 is 14.3 Å². The Morgan fingerprint density at radius 2 is 1.64 bits per heavy atom. The number of para-hydroxylation sites is 2. The fourth-order valence-corrected chi connectivity index (χ4v) is 2.95. The molecular formula is C23H32N2O3. The van der Waals surface area contributed by atoms with Gasteiger partial charge in [0, 0.05) is 6.54 Å². The van der Waals surface area contributed by atoms with Crippen LogP contribution in [0.5, 0.6) is 11.5 Å². The lowest BCUT2D eigenvalue weighted by Crippen LogP contribution is -2.37. The predicted octanol–water partition coefficient (Wildman–Crippen LogP) is 3.79. The van der Waals surface area contributed by atoms with E-state index in [4.69, 9.17) is 9.47 Å². The lowest BCUT2D eigenvalue weighted by Gasteiger charge is -2.26. The molecule has 5 heteroatoms. The Labute approximate surface area is 168 Å². The molecule has 5 nitrogen and oxygen atoms in total. The third kappa shape index (κ3) is 5.99. The molecule has 0 heterocycles. The highest BCUT2D eigenvalue weighted by Gasteiger charge is 2.18. The minimum atomic E-state index is -0.163. The van der Waals surface area contributed by atoms with Crippen molar-refractivity contribution >= 4 is 5.91 Å². The molecule has 0 radical (unpaired) electrons. The first-order chi connectivity index (χ1) is 13.2. The van der Waals surface area contributed by atoms with Crippen LogP contribution >= 0.6 is 0 Å². The maximum atomic E-state index is 12.3. The Hall–Kier alpha value is -2.53. The quantitative estimate of drug-likeness (QED) is 0.752. The van der Waals surface area contributed by atoms with E-state index in [0.717, 1.165) is 0 Å². The van der Waals surface area contributed by atoms with Crippen molar-refractivity contribution in [3.05, 3.63) is 59.7 Å². The fourth-order valence-electron chi connectivity index (χ4n) is 2.95. The molecule has 1 atom stereocenters. The first kappa shape index (κ1) is 21.8. The Kier molecular flexibility index (Phi) is 7.46. The fraction of sp³-hybridized carbons (Fsp3) is 0.435. The smallest absolute Gasteiger partial charge is 0.258 e. The molecule has 1 amide bonds. The van der Waals surface area contributed by atoms with Gasteiger partial charge in [-0.25, -0.2) is 0 Å². The van der Waals surface area contributed by atoms with Gasteiger partial charge in [-0.3, -0.25) is 4.79 Å². The van der Waals surface area contributed by atoms with Gasteiger partial charge in [0.1, 0.15) is 0 Å². The molecule has 0 bridgehead atoms. The van der Waals surface area contributed by atoms with Gasteiger partial charge >= 0.3 is 0 Å². The first-order valence-corrected chi connectivity index (χ1v) is 9.51. The number of benzene rings is 2. The van der Waals surface area contributed by atoms with Gasteiger partial charge in [-0.15, -0.1) is 0 Å². The number of rotatable bonds is 8. The highest BCUT2D eigenvalue weighted by atomic mass is 16.5. The molecule has 0 aromatic heterocycles. The number of methoxy groups -OCH3 is 1. The van der Waals surface area contributed by atoms with Crippen molar-refractivity contribution in [2.24, 2.45) is 0 Å². The number of nitrogens with zero attached hydrogens (tertiary/aromatic N) is 1. The van der Waals surface area contributed by atoms with Gasteiger partial charge in [-0.1, -0.05) is 57.2 Å². The molecule has 2 rings (SSSR count). The average Bonchev–Trinajstić information content (AvgIpc) is 2.66. The largest absolute Gasteiger partial charge is 0.493 e. The molecule has 152 valence electrons. The zero-order chi connectivity index (χ0) is 20.7. The van der Waals surface area contributed by atoms with Crippen LogP contribution in [-0.2, 0) is 10.2 Å². The van der Waals surface area contributed by atoms with E-state index in [-0.39, 0.29) is 24.0 Å². The van der Waals surface area contributed by atoms with Gasteiger partial charge in [-0.05, 0) is 42.8 Å². The summed E-state index contributed by atoms with van der Waals surface area (Å²) in [5, 5.41) is 2.97. The van der Waals surface area contributed by atoms with Gasteiger partial charge in [0.05, 0.1) is 13.2 Å². The van der Waals surface area contributed by atoms with Crippen molar-refractivity contribution in [1.29, 1.82) is 0 Å². The molecule has 0 fully saturated rings. The molecule has 1 N–H and O–H groups in total. The summed E-state index contributed by atoms with van der Waals surface area (Å²) in [6.07, 6.45) is 0. The molecule has 0 aliphatic rings. The van der Waals surface area contributed by atoms with Crippen LogP contribution in [0.25, 0.3) is 0 Å². The van der Waals surface area contributed by atoms with Gasteiger partial charge in [0.25, 0.3) is 5.91 Å². The minimum absolute atomic E-state index is 0.0521. The summed E-state index contributed by atoms with van der Waals surface area (Å²) < 4.78 is 10.8. The monoisotopic (exact) mass is 384 g/mol. The summed E-state index contributed by atoms with van der Waals surface area (Å²) in [6.45, 7) is 7.06. The third-order valence-corrected chi connectivity index (χ3v) is 4.71. The Morgan fingerprint density at radius 3 is 2.18 bits per heavy atom. The number of carbonyl (C=O) groups is 1. The number of likely N-dealkylation sites (N-methyl/N-ethyl adjacent to an activating group) is 1. The maximum Gasteiger partial charge on any atom is 0.258 e. The van der Waals surface area contributed by atoms with Crippen molar-refractivity contribution in [1.82, 2.24) is 10.2 Å². The van der Waals surface area contributed by atoms with E-state index >= 15 is 0 Å². The molecule has 0 aliphatic heterocycles. The normalized spacial score (nSPS) is 12.5. The highest BCUT2D eigenvalue weighted by molar-refractivity contribution is 5.77. The molecule has 2 aromatic carbocycles. The molecular weight excluding hydrogens is 352 g/mol. The number of ether oxygens (including phenoxy) is 2. The molecule has 28 heavy (non-hydrogen) atoms. The van der Waals surface area contributed by atoms with Crippen LogP contribution < -0.4 is 14.8 Å². The van der Waals surface area contributed by atoms with E-state index in [0.29, 0.717) is 18.0 Å². The van der Waals surface area contributed by atoms with Crippen LogP contribution in [0, 0.1) is 0 Å². The zero-order valence-corrected chi connectivity index (χ0v) is 17.8. The summed E-state index contributed by atoms with van der Waals surface area (Å²) in [7, 11) is 5.61. The first-order valence-electron chi connectivity index (χ1n) is 9.51. The SMILES string of the molecule is COc1ccccc1OCC(=O)NCC(c1ccc(C(C)(C)C)cc1)N(C)C. The Morgan fingerprint density at radius 1 is 1.04 bits per heavy atom. The maximum absolute atomic E-state index is 12.3. The third-order valence-electron chi connectivity index (χ3n) is 4.71. The lowest BCUT2D eigenvalue weighted by atomic mass is 9.86. The van der Waals surface area contributed by atoms with Crippen LogP contribution in [0.1, 0.15) is 37.9 Å². The number of hydrogen-bond acceptors (Lipinski definition) is 4. The second-order valence-corrected chi connectivity index (χ2v) is 8.10. The number of amides is 1. The minimum Gasteiger partial charge on any atom is -0.493 e. The van der Waals surface area contributed by atoms with E-state index in [1.807, 2.05) is 26.2 Å². The molecule has 0 spiro atoms. The van der Waals surface area contributed by atoms with Crippen LogP contribution in [0.3, 0.4) is 0 Å². The number of carbonyl (C=O) groups excluding carboxylic acids is 1. The Balaban J connectivity index is 1.94. The van der Waals surface area contributed by atoms with Gasteiger partial charge in [0.15, 0.2) is 18.1 Å². The van der Waals surface area contributed by atoms with Gasteiger partial charge in [0.2, 0.25) is 0 Å².